The van der Waals surface area contributed by atoms with Gasteiger partial charge in [0, 0.05) is 4.88 Å². The van der Waals surface area contributed by atoms with E-state index in [0.717, 1.165) is 42.5 Å². The molecule has 2 aromatic rings. The van der Waals surface area contributed by atoms with Crippen LogP contribution in [0.5, 0.6) is 0 Å². The Morgan fingerprint density at radius 2 is 1.77 bits per heavy atom. The van der Waals surface area contributed by atoms with Crippen molar-refractivity contribution >= 4 is 38.1 Å². The second-order valence-electron chi connectivity index (χ2n) is 7.26. The van der Waals surface area contributed by atoms with Crippen LogP contribution in [0.1, 0.15) is 59.5 Å². The Labute approximate surface area is 181 Å². The summed E-state index contributed by atoms with van der Waals surface area (Å²) in [7, 11) is -3.27. The third-order valence-corrected chi connectivity index (χ3v) is 8.14. The predicted molar refractivity (Wildman–Crippen MR) is 118 cm³/mol. The number of hydrogen-bond donors (Lipinski definition) is 1. The van der Waals surface area contributed by atoms with Crippen molar-refractivity contribution in [1.29, 1.82) is 0 Å². The number of benzene rings is 1. The summed E-state index contributed by atoms with van der Waals surface area (Å²) in [6, 6.07) is 6.35. The van der Waals surface area contributed by atoms with Gasteiger partial charge in [0.1, 0.15) is 5.00 Å². The maximum absolute atomic E-state index is 12.7. The third kappa shape index (κ3) is 5.10. The van der Waals surface area contributed by atoms with Crippen LogP contribution in [0.3, 0.4) is 0 Å². The molecule has 0 unspecified atom stereocenters. The third-order valence-electron chi connectivity index (χ3n) is 5.18. The van der Waals surface area contributed by atoms with Gasteiger partial charge in [0.05, 0.1) is 29.2 Å². The lowest BCUT2D eigenvalue weighted by Gasteiger charge is -2.09. The number of carbonyl (C=O) groups is 2. The number of amides is 1. The normalized spacial score (nSPS) is 13.9. The molecule has 1 aliphatic carbocycles. The lowest BCUT2D eigenvalue weighted by molar-refractivity contribution is -0.115. The molecule has 1 aromatic carbocycles. The minimum atomic E-state index is -3.27. The van der Waals surface area contributed by atoms with Crippen molar-refractivity contribution in [3.8, 4) is 0 Å². The quantitative estimate of drug-likeness (QED) is 0.506. The van der Waals surface area contributed by atoms with Crippen molar-refractivity contribution < 1.29 is 22.7 Å². The largest absolute Gasteiger partial charge is 0.462 e. The van der Waals surface area contributed by atoms with Crippen molar-refractivity contribution in [2.24, 2.45) is 0 Å². The van der Waals surface area contributed by atoms with Gasteiger partial charge in [-0.1, -0.05) is 25.5 Å². The van der Waals surface area contributed by atoms with Crippen LogP contribution in [0.25, 0.3) is 0 Å². The molecule has 0 radical (unpaired) electrons. The molecule has 1 N–H and O–H groups in total. The van der Waals surface area contributed by atoms with E-state index >= 15 is 0 Å². The standard InChI is InChI=1S/C22H27NO5S2/c1-3-28-22(25)20-17-8-6-5-7-9-18(17)29-21(20)23-19(24)14-15-10-12-16(13-11-15)30(26,27)4-2/h10-13H,3-9,14H2,1-2H3,(H,23,24). The van der Waals surface area contributed by atoms with Gasteiger partial charge in [0.25, 0.3) is 0 Å². The molecule has 162 valence electrons. The number of carbonyl (C=O) groups excluding carboxylic acids is 2. The number of sulfone groups is 1. The molecule has 1 heterocycles. The van der Waals surface area contributed by atoms with Gasteiger partial charge in [0.2, 0.25) is 5.91 Å². The van der Waals surface area contributed by atoms with E-state index in [1.807, 2.05) is 0 Å². The Morgan fingerprint density at radius 3 is 2.43 bits per heavy atom. The lowest BCUT2D eigenvalue weighted by Crippen LogP contribution is -2.17. The molecule has 0 fully saturated rings. The first-order valence-corrected chi connectivity index (χ1v) is 12.8. The molecule has 1 aromatic heterocycles. The maximum atomic E-state index is 12.7. The van der Waals surface area contributed by atoms with Crippen molar-refractivity contribution in [3.05, 3.63) is 45.8 Å². The Balaban J connectivity index is 1.78. The van der Waals surface area contributed by atoms with Gasteiger partial charge in [-0.15, -0.1) is 11.3 Å². The number of nitrogens with one attached hydrogen (secondary N) is 1. The SMILES string of the molecule is CCOC(=O)c1c(NC(=O)Cc2ccc(S(=O)(=O)CC)cc2)sc2c1CCCCC2. The van der Waals surface area contributed by atoms with Crippen molar-refractivity contribution in [1.82, 2.24) is 0 Å². The van der Waals surface area contributed by atoms with Crippen LogP contribution in [0.2, 0.25) is 0 Å². The average Bonchev–Trinajstić information content (AvgIpc) is 2.89. The van der Waals surface area contributed by atoms with Gasteiger partial charge < -0.3 is 10.1 Å². The summed E-state index contributed by atoms with van der Waals surface area (Å²) < 4.78 is 29.1. The Kier molecular flexibility index (Phi) is 7.31. The van der Waals surface area contributed by atoms with E-state index in [-0.39, 0.29) is 35.6 Å². The minimum Gasteiger partial charge on any atom is -0.462 e. The molecule has 1 amide bonds. The van der Waals surface area contributed by atoms with Crippen LogP contribution in [0.4, 0.5) is 5.00 Å². The van der Waals surface area contributed by atoms with Crippen LogP contribution < -0.4 is 5.32 Å². The number of ether oxygens (including phenoxy) is 1. The van der Waals surface area contributed by atoms with E-state index in [0.29, 0.717) is 16.1 Å². The van der Waals surface area contributed by atoms with Gasteiger partial charge >= 0.3 is 5.97 Å². The van der Waals surface area contributed by atoms with Gasteiger partial charge in [0.15, 0.2) is 9.84 Å². The Morgan fingerprint density at radius 1 is 1.07 bits per heavy atom. The molecule has 30 heavy (non-hydrogen) atoms. The van der Waals surface area contributed by atoms with E-state index in [1.54, 1.807) is 26.0 Å². The Hall–Kier alpha value is -2.19. The number of rotatable bonds is 7. The van der Waals surface area contributed by atoms with Crippen LogP contribution in [0, 0.1) is 0 Å². The highest BCUT2D eigenvalue weighted by Crippen LogP contribution is 2.38. The fourth-order valence-electron chi connectivity index (χ4n) is 3.59. The van der Waals surface area contributed by atoms with E-state index in [1.165, 1.54) is 23.5 Å². The second-order valence-corrected chi connectivity index (χ2v) is 10.6. The van der Waals surface area contributed by atoms with Crippen LogP contribution in [0.15, 0.2) is 29.2 Å². The molecule has 0 bridgehead atoms. The number of hydrogen-bond acceptors (Lipinski definition) is 6. The maximum Gasteiger partial charge on any atom is 0.341 e. The molecule has 0 saturated heterocycles. The first-order valence-electron chi connectivity index (χ1n) is 10.3. The molecule has 6 nitrogen and oxygen atoms in total. The zero-order valence-electron chi connectivity index (χ0n) is 17.3. The number of esters is 1. The summed E-state index contributed by atoms with van der Waals surface area (Å²) in [6.07, 6.45) is 5.07. The van der Waals surface area contributed by atoms with Gasteiger partial charge in [-0.2, -0.15) is 0 Å². The fraction of sp³-hybridized carbons (Fsp3) is 0.455. The van der Waals surface area contributed by atoms with Gasteiger partial charge in [-0.3, -0.25) is 4.79 Å². The average molecular weight is 450 g/mol. The molecule has 0 saturated carbocycles. The fourth-order valence-corrected chi connectivity index (χ4v) is 5.77. The predicted octanol–water partition coefficient (Wildman–Crippen LogP) is 4.17. The van der Waals surface area contributed by atoms with Crippen LogP contribution >= 0.6 is 11.3 Å². The topological polar surface area (TPSA) is 89.5 Å². The molecular weight excluding hydrogens is 422 g/mol. The number of thiophene rings is 1. The molecule has 3 rings (SSSR count). The second kappa shape index (κ2) is 9.75. The van der Waals surface area contributed by atoms with E-state index in [9.17, 15) is 18.0 Å². The summed E-state index contributed by atoms with van der Waals surface area (Å²) in [4.78, 5) is 26.6. The zero-order chi connectivity index (χ0) is 21.7. The summed E-state index contributed by atoms with van der Waals surface area (Å²) in [5.41, 5.74) is 2.22. The summed E-state index contributed by atoms with van der Waals surface area (Å²) >= 11 is 1.47. The number of fused-ring (bicyclic) bond motifs is 1. The highest BCUT2D eigenvalue weighted by atomic mass is 32.2. The summed E-state index contributed by atoms with van der Waals surface area (Å²) in [5.74, 6) is -0.601. The van der Waals surface area contributed by atoms with Gasteiger partial charge in [-0.05, 0) is 55.9 Å². The highest BCUT2D eigenvalue weighted by Gasteiger charge is 2.26. The van der Waals surface area contributed by atoms with E-state index < -0.39 is 9.84 Å². The van der Waals surface area contributed by atoms with Gasteiger partial charge in [-0.25, -0.2) is 13.2 Å². The van der Waals surface area contributed by atoms with Crippen molar-refractivity contribution in [2.75, 3.05) is 17.7 Å². The van der Waals surface area contributed by atoms with Crippen LogP contribution in [-0.4, -0.2) is 32.7 Å². The minimum absolute atomic E-state index is 0.0342. The van der Waals surface area contributed by atoms with Crippen LogP contribution in [-0.2, 0) is 38.6 Å². The Bertz CT molecular complexity index is 1020. The molecule has 8 heteroatoms. The zero-order valence-corrected chi connectivity index (χ0v) is 19.0. The molecule has 1 aliphatic rings. The summed E-state index contributed by atoms with van der Waals surface area (Å²) in [6.45, 7) is 3.65. The van der Waals surface area contributed by atoms with E-state index in [4.69, 9.17) is 4.74 Å². The van der Waals surface area contributed by atoms with Crippen molar-refractivity contribution in [3.63, 3.8) is 0 Å². The lowest BCUT2D eigenvalue weighted by atomic mass is 10.1. The number of aryl methyl sites for hydroxylation is 1. The van der Waals surface area contributed by atoms with E-state index in [2.05, 4.69) is 5.32 Å². The molecular formula is C22H27NO5S2. The molecule has 0 aliphatic heterocycles. The first-order chi connectivity index (χ1) is 14.4. The highest BCUT2D eigenvalue weighted by molar-refractivity contribution is 7.91. The smallest absolute Gasteiger partial charge is 0.341 e. The first kappa shape index (κ1) is 22.5. The number of anilines is 1. The molecule has 0 spiro atoms. The van der Waals surface area contributed by atoms with Crippen molar-refractivity contribution in [2.45, 2.75) is 57.3 Å². The summed E-state index contributed by atoms with van der Waals surface area (Å²) in [5, 5.41) is 3.44. The monoisotopic (exact) mass is 449 g/mol. The molecule has 0 atom stereocenters.